The first-order chi connectivity index (χ1) is 9.82. The Balaban J connectivity index is 2.27. The fraction of sp³-hybridized carbons (Fsp3) is 0.538. The van der Waals surface area contributed by atoms with Crippen LogP contribution >= 0.6 is 11.6 Å². The first kappa shape index (κ1) is 16.6. The molecular weight excluding hydrogens is 319 g/mol. The number of halogens is 2. The lowest BCUT2D eigenvalue weighted by Gasteiger charge is -2.33. The Morgan fingerprint density at radius 3 is 2.81 bits per heavy atom. The maximum atomic E-state index is 13.9. The van der Waals surface area contributed by atoms with Crippen molar-refractivity contribution >= 4 is 21.6 Å². The van der Waals surface area contributed by atoms with Gasteiger partial charge in [-0.1, -0.05) is 17.7 Å². The maximum absolute atomic E-state index is 13.9. The Bertz CT molecular complexity index is 589. The smallest absolute Gasteiger partial charge is 0.247 e. The average Bonchev–Trinajstić information content (AvgIpc) is 2.37. The van der Waals surface area contributed by atoms with Crippen LogP contribution in [0.3, 0.4) is 0 Å². The van der Waals surface area contributed by atoms with Crippen LogP contribution in [0.4, 0.5) is 4.39 Å². The van der Waals surface area contributed by atoms with Gasteiger partial charge in [-0.15, -0.1) is 0 Å². The Hall–Kier alpha value is -0.730. The van der Waals surface area contributed by atoms with E-state index in [1.165, 1.54) is 16.4 Å². The van der Waals surface area contributed by atoms with Gasteiger partial charge in [-0.2, -0.15) is 4.31 Å². The summed E-state index contributed by atoms with van der Waals surface area (Å²) in [5.41, 5.74) is 0. The van der Waals surface area contributed by atoms with Crippen LogP contribution in [0, 0.1) is 5.82 Å². The first-order valence-corrected chi connectivity index (χ1v) is 8.34. The third kappa shape index (κ3) is 3.73. The predicted octanol–water partition coefficient (Wildman–Crippen LogP) is 1.43. The third-order valence-corrected chi connectivity index (χ3v) is 5.56. The van der Waals surface area contributed by atoms with Crippen molar-refractivity contribution in [1.82, 2.24) is 9.21 Å². The molecule has 1 aliphatic rings. The van der Waals surface area contributed by atoms with Crippen molar-refractivity contribution in [3.05, 3.63) is 29.0 Å². The molecule has 1 aliphatic heterocycles. The first-order valence-electron chi connectivity index (χ1n) is 6.53. The van der Waals surface area contributed by atoms with E-state index in [1.54, 1.807) is 0 Å². The van der Waals surface area contributed by atoms with Crippen molar-refractivity contribution in [2.24, 2.45) is 0 Å². The number of hydrogen-bond donors (Lipinski definition) is 0. The summed E-state index contributed by atoms with van der Waals surface area (Å²) in [6, 6.07) is 3.84. The molecule has 118 valence electrons. The van der Waals surface area contributed by atoms with Gasteiger partial charge in [0.25, 0.3) is 0 Å². The number of sulfonamides is 1. The molecule has 5 nitrogen and oxygen atoms in total. The van der Waals surface area contributed by atoms with Crippen molar-refractivity contribution in [1.29, 1.82) is 0 Å². The molecule has 0 saturated carbocycles. The van der Waals surface area contributed by atoms with Crippen LogP contribution in [0.1, 0.15) is 0 Å². The van der Waals surface area contributed by atoms with E-state index in [1.807, 2.05) is 19.0 Å². The van der Waals surface area contributed by atoms with E-state index >= 15 is 0 Å². The van der Waals surface area contributed by atoms with Crippen LogP contribution in [0.2, 0.25) is 5.02 Å². The maximum Gasteiger partial charge on any atom is 0.247 e. The summed E-state index contributed by atoms with van der Waals surface area (Å²) >= 11 is 5.87. The van der Waals surface area contributed by atoms with Crippen LogP contribution in [0.25, 0.3) is 0 Å². The average molecular weight is 337 g/mol. The predicted molar refractivity (Wildman–Crippen MR) is 78.5 cm³/mol. The quantitative estimate of drug-likeness (QED) is 0.834. The number of likely N-dealkylation sites (N-methyl/N-ethyl adjacent to an activating group) is 1. The molecule has 0 bridgehead atoms. The lowest BCUT2D eigenvalue weighted by molar-refractivity contribution is -0.0132. The van der Waals surface area contributed by atoms with E-state index in [2.05, 4.69) is 0 Å². The number of ether oxygens (including phenoxy) is 1. The molecule has 8 heteroatoms. The Kier molecular flexibility index (Phi) is 5.21. The van der Waals surface area contributed by atoms with E-state index in [0.717, 1.165) is 6.07 Å². The van der Waals surface area contributed by atoms with Crippen molar-refractivity contribution in [3.63, 3.8) is 0 Å². The lowest BCUT2D eigenvalue weighted by Crippen LogP contribution is -2.48. The van der Waals surface area contributed by atoms with E-state index in [9.17, 15) is 12.8 Å². The highest BCUT2D eigenvalue weighted by Gasteiger charge is 2.34. The summed E-state index contributed by atoms with van der Waals surface area (Å²) in [5.74, 6) is -0.835. The van der Waals surface area contributed by atoms with Crippen molar-refractivity contribution in [2.75, 3.05) is 40.3 Å². The molecule has 21 heavy (non-hydrogen) atoms. The fourth-order valence-electron chi connectivity index (χ4n) is 2.29. The van der Waals surface area contributed by atoms with Crippen molar-refractivity contribution in [2.45, 2.75) is 11.0 Å². The van der Waals surface area contributed by atoms with Crippen LogP contribution in [0.5, 0.6) is 0 Å². The zero-order chi connectivity index (χ0) is 15.6. The summed E-state index contributed by atoms with van der Waals surface area (Å²) < 4.78 is 45.8. The molecule has 1 heterocycles. The summed E-state index contributed by atoms with van der Waals surface area (Å²) in [6.45, 7) is 1.25. The number of hydrogen-bond acceptors (Lipinski definition) is 4. The molecule has 0 unspecified atom stereocenters. The fourth-order valence-corrected chi connectivity index (χ4v) is 4.31. The van der Waals surface area contributed by atoms with Gasteiger partial charge in [-0.3, -0.25) is 0 Å². The van der Waals surface area contributed by atoms with Gasteiger partial charge in [0.05, 0.1) is 17.7 Å². The minimum absolute atomic E-state index is 0.106. The molecule has 0 aliphatic carbocycles. The molecule has 0 spiro atoms. The van der Waals surface area contributed by atoms with Gasteiger partial charge >= 0.3 is 0 Å². The van der Waals surface area contributed by atoms with E-state index in [0.29, 0.717) is 6.54 Å². The van der Waals surface area contributed by atoms with Gasteiger partial charge in [0.1, 0.15) is 10.7 Å². The lowest BCUT2D eigenvalue weighted by atomic mass is 10.3. The molecular formula is C13H18ClFN2O3S. The third-order valence-electron chi connectivity index (χ3n) is 3.19. The molecule has 1 saturated heterocycles. The second-order valence-corrected chi connectivity index (χ2v) is 7.45. The summed E-state index contributed by atoms with van der Waals surface area (Å²) in [6.07, 6.45) is -0.242. The van der Waals surface area contributed by atoms with Gasteiger partial charge in [-0.05, 0) is 26.2 Å². The highest BCUT2D eigenvalue weighted by Crippen LogP contribution is 2.28. The van der Waals surface area contributed by atoms with E-state index in [-0.39, 0.29) is 30.8 Å². The molecule has 0 N–H and O–H groups in total. The van der Waals surface area contributed by atoms with Crippen LogP contribution in [-0.2, 0) is 14.8 Å². The molecule has 0 radical (unpaired) electrons. The summed E-state index contributed by atoms with van der Waals surface area (Å²) in [5, 5.41) is -0.106. The molecule has 0 aromatic heterocycles. The Morgan fingerprint density at radius 1 is 1.48 bits per heavy atom. The van der Waals surface area contributed by atoms with E-state index in [4.69, 9.17) is 16.3 Å². The molecule has 1 atom stereocenters. The monoisotopic (exact) mass is 336 g/mol. The van der Waals surface area contributed by atoms with Crippen molar-refractivity contribution < 1.29 is 17.5 Å². The summed E-state index contributed by atoms with van der Waals surface area (Å²) in [7, 11) is -0.205. The second-order valence-electron chi connectivity index (χ2n) is 5.17. The van der Waals surface area contributed by atoms with Crippen LogP contribution in [0.15, 0.2) is 23.1 Å². The topological polar surface area (TPSA) is 49.9 Å². The van der Waals surface area contributed by atoms with Gasteiger partial charge in [-0.25, -0.2) is 12.8 Å². The minimum atomic E-state index is -3.96. The molecule has 2 rings (SSSR count). The standard InChI is InChI=1S/C13H18ClFN2O3S/c1-16(2)8-10-9-17(6-7-20-10)21(18,19)13-11(14)4-3-5-12(13)15/h3-5,10H,6-9H2,1-2H3/t10-/m0/s1. The van der Waals surface area contributed by atoms with Gasteiger partial charge in [0.2, 0.25) is 10.0 Å². The number of morpholine rings is 1. The van der Waals surface area contributed by atoms with Gasteiger partial charge in [0.15, 0.2) is 0 Å². The number of nitrogens with zero attached hydrogens (tertiary/aromatic N) is 2. The van der Waals surface area contributed by atoms with Gasteiger partial charge in [0, 0.05) is 19.6 Å². The molecule has 1 aromatic carbocycles. The highest BCUT2D eigenvalue weighted by molar-refractivity contribution is 7.89. The minimum Gasteiger partial charge on any atom is -0.374 e. The normalized spacial score (nSPS) is 20.9. The highest BCUT2D eigenvalue weighted by atomic mass is 35.5. The zero-order valence-corrected chi connectivity index (χ0v) is 13.5. The van der Waals surface area contributed by atoms with Crippen molar-refractivity contribution in [3.8, 4) is 0 Å². The second kappa shape index (κ2) is 6.58. The SMILES string of the molecule is CN(C)C[C@H]1CN(S(=O)(=O)c2c(F)cccc2Cl)CCO1. The zero-order valence-electron chi connectivity index (χ0n) is 11.9. The number of rotatable bonds is 4. The Labute approximate surface area is 129 Å². The molecule has 1 aromatic rings. The Morgan fingerprint density at radius 2 is 2.19 bits per heavy atom. The molecule has 0 amide bonds. The summed E-state index contributed by atoms with van der Waals surface area (Å²) in [4.78, 5) is 1.45. The van der Waals surface area contributed by atoms with Crippen LogP contribution < -0.4 is 0 Å². The van der Waals surface area contributed by atoms with Gasteiger partial charge < -0.3 is 9.64 Å². The van der Waals surface area contributed by atoms with Crippen LogP contribution in [-0.4, -0.2) is 64.1 Å². The van der Waals surface area contributed by atoms with E-state index < -0.39 is 20.7 Å². The number of benzene rings is 1. The molecule has 1 fully saturated rings. The largest absolute Gasteiger partial charge is 0.374 e.